The SMILES string of the molecule is COc1ccc(S(=O)(=O)Nc2ccc(NC3CCCCC3)nc2)cc1C. The van der Waals surface area contributed by atoms with E-state index in [1.165, 1.54) is 25.3 Å². The molecule has 0 aliphatic heterocycles. The van der Waals surface area contributed by atoms with Gasteiger partial charge in [0, 0.05) is 6.04 Å². The van der Waals surface area contributed by atoms with Crippen LogP contribution in [0.5, 0.6) is 5.75 Å². The van der Waals surface area contributed by atoms with Crippen LogP contribution >= 0.6 is 0 Å². The van der Waals surface area contributed by atoms with E-state index in [1.54, 1.807) is 31.5 Å². The Morgan fingerprint density at radius 3 is 2.50 bits per heavy atom. The third-order valence-corrected chi connectivity index (χ3v) is 6.03. The Morgan fingerprint density at radius 1 is 1.12 bits per heavy atom. The maximum atomic E-state index is 12.6. The summed E-state index contributed by atoms with van der Waals surface area (Å²) in [6.07, 6.45) is 7.66. The number of ether oxygens (including phenoxy) is 1. The highest BCUT2D eigenvalue weighted by Crippen LogP contribution is 2.24. The van der Waals surface area contributed by atoms with Crippen molar-refractivity contribution in [2.24, 2.45) is 0 Å². The Kier molecular flexibility index (Phi) is 5.66. The summed E-state index contributed by atoms with van der Waals surface area (Å²) in [5.74, 6) is 1.43. The van der Waals surface area contributed by atoms with E-state index in [-0.39, 0.29) is 4.90 Å². The predicted molar refractivity (Wildman–Crippen MR) is 103 cm³/mol. The van der Waals surface area contributed by atoms with Crippen LogP contribution in [0.3, 0.4) is 0 Å². The Bertz CT molecular complexity index is 845. The summed E-state index contributed by atoms with van der Waals surface area (Å²) in [4.78, 5) is 4.53. The fourth-order valence-corrected chi connectivity index (χ4v) is 4.36. The number of hydrogen-bond acceptors (Lipinski definition) is 5. The van der Waals surface area contributed by atoms with Gasteiger partial charge in [0.05, 0.1) is 23.9 Å². The van der Waals surface area contributed by atoms with Crippen LogP contribution in [-0.2, 0) is 10.0 Å². The summed E-state index contributed by atoms with van der Waals surface area (Å²) in [5.41, 5.74) is 1.20. The van der Waals surface area contributed by atoms with Crippen molar-refractivity contribution in [2.75, 3.05) is 17.1 Å². The number of anilines is 2. The normalized spacial score (nSPS) is 15.5. The molecule has 0 unspecified atom stereocenters. The lowest BCUT2D eigenvalue weighted by molar-refractivity contribution is 0.411. The first-order valence-corrected chi connectivity index (χ1v) is 10.4. The van der Waals surface area contributed by atoms with E-state index in [1.807, 2.05) is 13.0 Å². The van der Waals surface area contributed by atoms with Crippen molar-refractivity contribution >= 4 is 21.5 Å². The lowest BCUT2D eigenvalue weighted by Gasteiger charge is -2.23. The Labute approximate surface area is 155 Å². The second-order valence-electron chi connectivity index (χ2n) is 6.65. The first-order chi connectivity index (χ1) is 12.5. The quantitative estimate of drug-likeness (QED) is 0.799. The topological polar surface area (TPSA) is 80.3 Å². The smallest absolute Gasteiger partial charge is 0.261 e. The highest BCUT2D eigenvalue weighted by Gasteiger charge is 2.17. The maximum Gasteiger partial charge on any atom is 0.261 e. The van der Waals surface area contributed by atoms with Crippen molar-refractivity contribution in [3.63, 3.8) is 0 Å². The second-order valence-corrected chi connectivity index (χ2v) is 8.33. The van der Waals surface area contributed by atoms with Crippen molar-refractivity contribution in [1.29, 1.82) is 0 Å². The number of methoxy groups -OCH3 is 1. The predicted octanol–water partition coefficient (Wildman–Crippen LogP) is 3.94. The molecule has 1 aliphatic carbocycles. The fourth-order valence-electron chi connectivity index (χ4n) is 3.23. The largest absolute Gasteiger partial charge is 0.496 e. The minimum absolute atomic E-state index is 0.195. The van der Waals surface area contributed by atoms with Crippen LogP contribution in [0.15, 0.2) is 41.4 Å². The molecule has 0 atom stereocenters. The number of nitrogens with one attached hydrogen (secondary N) is 2. The summed E-state index contributed by atoms with van der Waals surface area (Å²) in [7, 11) is -2.11. The third-order valence-electron chi connectivity index (χ3n) is 4.65. The Hall–Kier alpha value is -2.28. The molecule has 2 N–H and O–H groups in total. The summed E-state index contributed by atoms with van der Waals surface area (Å²) in [5, 5.41) is 3.42. The Balaban J connectivity index is 1.68. The molecule has 7 heteroatoms. The van der Waals surface area contributed by atoms with E-state index >= 15 is 0 Å². The molecule has 0 radical (unpaired) electrons. The lowest BCUT2D eigenvalue weighted by Crippen LogP contribution is -2.22. The van der Waals surface area contributed by atoms with Gasteiger partial charge in [0.1, 0.15) is 11.6 Å². The minimum Gasteiger partial charge on any atom is -0.496 e. The van der Waals surface area contributed by atoms with Gasteiger partial charge >= 0.3 is 0 Å². The zero-order valence-electron chi connectivity index (χ0n) is 15.2. The van der Waals surface area contributed by atoms with Crippen molar-refractivity contribution in [2.45, 2.75) is 50.0 Å². The van der Waals surface area contributed by atoms with Gasteiger partial charge in [-0.1, -0.05) is 19.3 Å². The molecule has 26 heavy (non-hydrogen) atoms. The minimum atomic E-state index is -3.67. The van der Waals surface area contributed by atoms with Gasteiger partial charge in [-0.3, -0.25) is 4.72 Å². The van der Waals surface area contributed by atoms with E-state index in [2.05, 4.69) is 15.0 Å². The van der Waals surface area contributed by atoms with E-state index in [0.717, 1.165) is 24.2 Å². The molecular formula is C19H25N3O3S. The lowest BCUT2D eigenvalue weighted by atomic mass is 9.95. The summed E-state index contributed by atoms with van der Waals surface area (Å²) < 4.78 is 32.9. The average molecular weight is 375 g/mol. The van der Waals surface area contributed by atoms with Gasteiger partial charge in [0.15, 0.2) is 0 Å². The first kappa shape index (κ1) is 18.5. The van der Waals surface area contributed by atoms with E-state index < -0.39 is 10.0 Å². The number of rotatable bonds is 6. The molecule has 1 fully saturated rings. The number of nitrogens with zero attached hydrogens (tertiary/aromatic N) is 1. The zero-order valence-corrected chi connectivity index (χ0v) is 16.0. The van der Waals surface area contributed by atoms with Gasteiger partial charge in [-0.2, -0.15) is 0 Å². The maximum absolute atomic E-state index is 12.6. The van der Waals surface area contributed by atoms with Gasteiger partial charge in [-0.05, 0) is 55.7 Å². The summed E-state index contributed by atoms with van der Waals surface area (Å²) in [6.45, 7) is 1.81. The molecule has 0 amide bonds. The molecule has 6 nitrogen and oxygen atoms in total. The Morgan fingerprint density at radius 2 is 1.88 bits per heavy atom. The van der Waals surface area contributed by atoms with Crippen LogP contribution < -0.4 is 14.8 Å². The standard InChI is InChI=1S/C19H25N3O3S/c1-14-12-17(9-10-18(14)25-2)26(23,24)22-16-8-11-19(20-13-16)21-15-6-4-3-5-7-15/h8-13,15,22H,3-7H2,1-2H3,(H,20,21). The number of sulfonamides is 1. The molecule has 1 aromatic heterocycles. The van der Waals surface area contributed by atoms with Crippen molar-refractivity contribution in [1.82, 2.24) is 4.98 Å². The van der Waals surface area contributed by atoms with Crippen molar-refractivity contribution < 1.29 is 13.2 Å². The van der Waals surface area contributed by atoms with E-state index in [4.69, 9.17) is 4.74 Å². The van der Waals surface area contributed by atoms with Gasteiger partial charge < -0.3 is 10.1 Å². The van der Waals surface area contributed by atoms with Crippen LogP contribution in [0.2, 0.25) is 0 Å². The van der Waals surface area contributed by atoms with Gasteiger partial charge in [-0.25, -0.2) is 13.4 Å². The molecule has 1 heterocycles. The van der Waals surface area contributed by atoms with Crippen LogP contribution in [0.1, 0.15) is 37.7 Å². The van der Waals surface area contributed by atoms with Gasteiger partial charge in [0.2, 0.25) is 0 Å². The zero-order chi connectivity index (χ0) is 18.6. The summed E-state index contributed by atoms with van der Waals surface area (Å²) >= 11 is 0. The molecule has 1 aromatic carbocycles. The van der Waals surface area contributed by atoms with Crippen LogP contribution in [-0.4, -0.2) is 26.6 Å². The molecular weight excluding hydrogens is 350 g/mol. The van der Waals surface area contributed by atoms with Gasteiger partial charge in [-0.15, -0.1) is 0 Å². The summed E-state index contributed by atoms with van der Waals surface area (Å²) in [6, 6.07) is 8.77. The van der Waals surface area contributed by atoms with E-state index in [9.17, 15) is 8.42 Å². The van der Waals surface area contributed by atoms with Crippen molar-refractivity contribution in [3.05, 3.63) is 42.1 Å². The number of pyridine rings is 1. The van der Waals surface area contributed by atoms with Gasteiger partial charge in [0.25, 0.3) is 10.0 Å². The highest BCUT2D eigenvalue weighted by atomic mass is 32.2. The molecule has 0 bridgehead atoms. The van der Waals surface area contributed by atoms with Crippen molar-refractivity contribution in [3.8, 4) is 5.75 Å². The number of hydrogen-bond donors (Lipinski definition) is 2. The molecule has 1 saturated carbocycles. The monoisotopic (exact) mass is 375 g/mol. The third kappa shape index (κ3) is 4.46. The number of aryl methyl sites for hydroxylation is 1. The van der Waals surface area contributed by atoms with Crippen LogP contribution in [0.4, 0.5) is 11.5 Å². The highest BCUT2D eigenvalue weighted by molar-refractivity contribution is 7.92. The second kappa shape index (κ2) is 7.95. The molecule has 0 spiro atoms. The van der Waals surface area contributed by atoms with Crippen LogP contribution in [0, 0.1) is 6.92 Å². The fraction of sp³-hybridized carbons (Fsp3) is 0.421. The molecule has 1 aliphatic rings. The van der Waals surface area contributed by atoms with Crippen LogP contribution in [0.25, 0.3) is 0 Å². The van der Waals surface area contributed by atoms with E-state index in [0.29, 0.717) is 17.5 Å². The molecule has 2 aromatic rings. The number of aromatic nitrogens is 1. The first-order valence-electron chi connectivity index (χ1n) is 8.88. The average Bonchev–Trinajstić information content (AvgIpc) is 2.64. The number of benzene rings is 1. The molecule has 3 rings (SSSR count). The molecule has 0 saturated heterocycles. The molecule has 140 valence electrons.